The molecule has 2 heterocycles. The number of rotatable bonds is 4. The Labute approximate surface area is 95.1 Å². The lowest BCUT2D eigenvalue weighted by molar-refractivity contribution is 0.578. The highest BCUT2D eigenvalue weighted by Gasteiger charge is 2.03. The van der Waals surface area contributed by atoms with E-state index >= 15 is 0 Å². The van der Waals surface area contributed by atoms with Gasteiger partial charge in [0.15, 0.2) is 0 Å². The first-order valence-electron chi connectivity index (χ1n) is 5.42. The highest BCUT2D eigenvalue weighted by Crippen LogP contribution is 2.05. The predicted molar refractivity (Wildman–Crippen MR) is 62.3 cm³/mol. The van der Waals surface area contributed by atoms with Crippen molar-refractivity contribution in [1.29, 1.82) is 0 Å². The van der Waals surface area contributed by atoms with Gasteiger partial charge < -0.3 is 5.32 Å². The number of aromatic nitrogens is 4. The van der Waals surface area contributed by atoms with E-state index in [0.717, 1.165) is 17.9 Å². The molecule has 0 saturated carbocycles. The van der Waals surface area contributed by atoms with Crippen LogP contribution in [0, 0.1) is 0 Å². The molecule has 0 aliphatic rings. The van der Waals surface area contributed by atoms with Gasteiger partial charge in [-0.1, -0.05) is 13.8 Å². The normalized spacial score (nSPS) is 11.2. The van der Waals surface area contributed by atoms with E-state index in [4.69, 9.17) is 0 Å². The standard InChI is InChI=1S/C11H17N5/c1-9(2)12-6-10-4-5-16(14-10)11-7-13-15(3)8-11/h4-5,7-9,12H,6H2,1-3H3. The fourth-order valence-electron chi connectivity index (χ4n) is 1.44. The Balaban J connectivity index is 2.07. The van der Waals surface area contributed by atoms with Crippen LogP contribution in [0.5, 0.6) is 0 Å². The Kier molecular flexibility index (Phi) is 3.05. The maximum Gasteiger partial charge on any atom is 0.102 e. The van der Waals surface area contributed by atoms with Crippen LogP contribution in [0.15, 0.2) is 24.7 Å². The Hall–Kier alpha value is -1.62. The number of nitrogens with zero attached hydrogens (tertiary/aromatic N) is 4. The van der Waals surface area contributed by atoms with Crippen LogP contribution >= 0.6 is 0 Å². The van der Waals surface area contributed by atoms with Crippen molar-refractivity contribution in [3.05, 3.63) is 30.4 Å². The average Bonchev–Trinajstić information content (AvgIpc) is 2.83. The first-order valence-corrected chi connectivity index (χ1v) is 5.42. The third-order valence-corrected chi connectivity index (χ3v) is 2.29. The summed E-state index contributed by atoms with van der Waals surface area (Å²) in [6, 6.07) is 2.49. The fourth-order valence-corrected chi connectivity index (χ4v) is 1.44. The minimum atomic E-state index is 0.476. The maximum absolute atomic E-state index is 4.47. The van der Waals surface area contributed by atoms with Crippen molar-refractivity contribution in [2.45, 2.75) is 26.4 Å². The lowest BCUT2D eigenvalue weighted by Gasteiger charge is -2.04. The molecule has 0 radical (unpaired) electrons. The van der Waals surface area contributed by atoms with E-state index in [2.05, 4.69) is 29.4 Å². The van der Waals surface area contributed by atoms with Gasteiger partial charge in [0.2, 0.25) is 0 Å². The summed E-state index contributed by atoms with van der Waals surface area (Å²) in [5.41, 5.74) is 2.02. The van der Waals surface area contributed by atoms with Crippen molar-refractivity contribution in [2.24, 2.45) is 7.05 Å². The molecular weight excluding hydrogens is 202 g/mol. The zero-order chi connectivity index (χ0) is 11.5. The molecule has 5 nitrogen and oxygen atoms in total. The number of aryl methyl sites for hydroxylation is 1. The third-order valence-electron chi connectivity index (χ3n) is 2.29. The summed E-state index contributed by atoms with van der Waals surface area (Å²) < 4.78 is 3.60. The lowest BCUT2D eigenvalue weighted by Crippen LogP contribution is -2.22. The minimum absolute atomic E-state index is 0.476. The molecule has 0 bridgehead atoms. The second-order valence-corrected chi connectivity index (χ2v) is 4.16. The van der Waals surface area contributed by atoms with Gasteiger partial charge in [-0.05, 0) is 6.07 Å². The van der Waals surface area contributed by atoms with Crippen LogP contribution in [0.25, 0.3) is 5.69 Å². The van der Waals surface area contributed by atoms with Crippen LogP contribution < -0.4 is 5.32 Å². The van der Waals surface area contributed by atoms with Gasteiger partial charge in [-0.25, -0.2) is 4.68 Å². The Morgan fingerprint density at radius 1 is 1.44 bits per heavy atom. The fraction of sp³-hybridized carbons (Fsp3) is 0.455. The average molecular weight is 219 g/mol. The summed E-state index contributed by atoms with van der Waals surface area (Å²) in [4.78, 5) is 0. The van der Waals surface area contributed by atoms with Crippen LogP contribution in [0.4, 0.5) is 0 Å². The molecular formula is C11H17N5. The summed E-state index contributed by atoms with van der Waals surface area (Å²) in [7, 11) is 1.90. The lowest BCUT2D eigenvalue weighted by atomic mass is 10.3. The summed E-state index contributed by atoms with van der Waals surface area (Å²) in [5.74, 6) is 0. The molecule has 2 rings (SSSR count). The van der Waals surface area contributed by atoms with E-state index in [1.165, 1.54) is 0 Å². The van der Waals surface area contributed by atoms with Crippen LogP contribution in [-0.2, 0) is 13.6 Å². The Morgan fingerprint density at radius 2 is 2.25 bits per heavy atom. The smallest absolute Gasteiger partial charge is 0.102 e. The highest BCUT2D eigenvalue weighted by atomic mass is 15.3. The van der Waals surface area contributed by atoms with Crippen molar-refractivity contribution in [2.75, 3.05) is 0 Å². The van der Waals surface area contributed by atoms with Crippen LogP contribution in [0.1, 0.15) is 19.5 Å². The first kappa shape index (κ1) is 10.9. The third kappa shape index (κ3) is 2.49. The van der Waals surface area contributed by atoms with E-state index in [0.29, 0.717) is 6.04 Å². The zero-order valence-electron chi connectivity index (χ0n) is 9.88. The van der Waals surface area contributed by atoms with E-state index in [1.807, 2.05) is 30.2 Å². The summed E-state index contributed by atoms with van der Waals surface area (Å²) in [5, 5.41) is 11.9. The molecule has 0 spiro atoms. The second-order valence-electron chi connectivity index (χ2n) is 4.16. The van der Waals surface area contributed by atoms with Gasteiger partial charge >= 0.3 is 0 Å². The molecule has 86 valence electrons. The second kappa shape index (κ2) is 4.49. The van der Waals surface area contributed by atoms with Crippen molar-refractivity contribution < 1.29 is 0 Å². The summed E-state index contributed by atoms with van der Waals surface area (Å²) in [6.07, 6.45) is 5.69. The Bertz CT molecular complexity index is 454. The van der Waals surface area contributed by atoms with Crippen molar-refractivity contribution in [1.82, 2.24) is 24.9 Å². The first-order chi connectivity index (χ1) is 7.65. The van der Waals surface area contributed by atoms with E-state index in [9.17, 15) is 0 Å². The largest absolute Gasteiger partial charge is 0.309 e. The Morgan fingerprint density at radius 3 is 2.88 bits per heavy atom. The van der Waals surface area contributed by atoms with Gasteiger partial charge in [0.25, 0.3) is 0 Å². The molecule has 0 unspecified atom stereocenters. The summed E-state index contributed by atoms with van der Waals surface area (Å²) in [6.45, 7) is 5.04. The van der Waals surface area contributed by atoms with Gasteiger partial charge in [-0.15, -0.1) is 0 Å². The predicted octanol–water partition coefficient (Wildman–Crippen LogP) is 1.10. The molecule has 2 aromatic heterocycles. The molecule has 0 saturated heterocycles. The molecule has 0 atom stereocenters. The number of nitrogens with one attached hydrogen (secondary N) is 1. The van der Waals surface area contributed by atoms with Crippen LogP contribution in [0.3, 0.4) is 0 Å². The van der Waals surface area contributed by atoms with E-state index in [-0.39, 0.29) is 0 Å². The van der Waals surface area contributed by atoms with Crippen molar-refractivity contribution in [3.63, 3.8) is 0 Å². The van der Waals surface area contributed by atoms with Crippen LogP contribution in [-0.4, -0.2) is 25.6 Å². The molecule has 16 heavy (non-hydrogen) atoms. The topological polar surface area (TPSA) is 47.7 Å². The summed E-state index contributed by atoms with van der Waals surface area (Å²) >= 11 is 0. The SMILES string of the molecule is CC(C)NCc1ccn(-c2cnn(C)c2)n1. The zero-order valence-corrected chi connectivity index (χ0v) is 9.88. The van der Waals surface area contributed by atoms with E-state index < -0.39 is 0 Å². The molecule has 2 aromatic rings. The highest BCUT2D eigenvalue weighted by molar-refractivity contribution is 5.24. The maximum atomic E-state index is 4.47. The minimum Gasteiger partial charge on any atom is -0.309 e. The molecule has 0 aliphatic carbocycles. The molecule has 0 aliphatic heterocycles. The van der Waals surface area contributed by atoms with Gasteiger partial charge in [0, 0.05) is 25.8 Å². The molecule has 0 aromatic carbocycles. The van der Waals surface area contributed by atoms with Gasteiger partial charge in [0.1, 0.15) is 5.69 Å². The van der Waals surface area contributed by atoms with E-state index in [1.54, 1.807) is 10.9 Å². The van der Waals surface area contributed by atoms with Crippen LogP contribution in [0.2, 0.25) is 0 Å². The molecule has 5 heteroatoms. The molecule has 1 N–H and O–H groups in total. The molecule has 0 amide bonds. The van der Waals surface area contributed by atoms with Crippen molar-refractivity contribution in [3.8, 4) is 5.69 Å². The number of hydrogen-bond donors (Lipinski definition) is 1. The van der Waals surface area contributed by atoms with Gasteiger partial charge in [0.05, 0.1) is 18.1 Å². The van der Waals surface area contributed by atoms with Gasteiger partial charge in [-0.2, -0.15) is 10.2 Å². The number of hydrogen-bond acceptors (Lipinski definition) is 3. The monoisotopic (exact) mass is 219 g/mol. The van der Waals surface area contributed by atoms with Crippen molar-refractivity contribution >= 4 is 0 Å². The molecule has 0 fully saturated rings. The quantitative estimate of drug-likeness (QED) is 0.837. The van der Waals surface area contributed by atoms with Gasteiger partial charge in [-0.3, -0.25) is 4.68 Å².